The molecule has 0 bridgehead atoms. The van der Waals surface area contributed by atoms with Gasteiger partial charge in [-0.15, -0.1) is 0 Å². The van der Waals surface area contributed by atoms with Crippen LogP contribution >= 0.6 is 0 Å². The maximum atomic E-state index is 11.7. The first-order chi connectivity index (χ1) is 11.3. The first-order valence-corrected chi connectivity index (χ1v) is 11.4. The number of hydrogen-bond acceptors (Lipinski definition) is 7. The molecule has 3 rings (SSSR count). The summed E-state index contributed by atoms with van der Waals surface area (Å²) in [5, 5.41) is 3.72. The number of piperidine rings is 1. The van der Waals surface area contributed by atoms with Crippen LogP contribution in [-0.2, 0) is 26.5 Å². The van der Waals surface area contributed by atoms with Gasteiger partial charge >= 0.3 is 0 Å². The molecule has 0 spiro atoms. The Morgan fingerprint density at radius 2 is 1.83 bits per heavy atom. The second-order valence-electron chi connectivity index (χ2n) is 6.37. The van der Waals surface area contributed by atoms with E-state index in [1.807, 2.05) is 0 Å². The van der Waals surface area contributed by atoms with E-state index in [0.29, 0.717) is 44.1 Å². The number of sulfonamides is 2. The third kappa shape index (κ3) is 4.32. The van der Waals surface area contributed by atoms with E-state index in [-0.39, 0.29) is 17.7 Å². The van der Waals surface area contributed by atoms with Crippen molar-refractivity contribution < 1.29 is 21.4 Å². The van der Waals surface area contributed by atoms with Crippen LogP contribution in [0.4, 0.5) is 0 Å². The normalized spacial score (nSPS) is 21.2. The van der Waals surface area contributed by atoms with Crippen LogP contribution in [0, 0.1) is 0 Å². The predicted octanol–water partition coefficient (Wildman–Crippen LogP) is -0.167. The van der Waals surface area contributed by atoms with E-state index in [1.54, 1.807) is 0 Å². The van der Waals surface area contributed by atoms with Gasteiger partial charge in [-0.05, 0) is 25.7 Å². The second-order valence-corrected chi connectivity index (χ2v) is 10.4. The van der Waals surface area contributed by atoms with Gasteiger partial charge < -0.3 is 4.52 Å². The van der Waals surface area contributed by atoms with Crippen molar-refractivity contribution in [1.29, 1.82) is 0 Å². The molecule has 24 heavy (non-hydrogen) atoms. The van der Waals surface area contributed by atoms with Crippen molar-refractivity contribution in [2.75, 3.05) is 25.9 Å². The molecule has 0 amide bonds. The van der Waals surface area contributed by atoms with Crippen molar-refractivity contribution in [3.63, 3.8) is 0 Å². The molecule has 0 aromatic carbocycles. The summed E-state index contributed by atoms with van der Waals surface area (Å²) in [5.41, 5.74) is 0. The highest BCUT2D eigenvalue weighted by molar-refractivity contribution is 7.90. The van der Waals surface area contributed by atoms with Crippen LogP contribution in [0.2, 0.25) is 0 Å². The van der Waals surface area contributed by atoms with Crippen LogP contribution in [-0.4, -0.2) is 62.4 Å². The highest BCUT2D eigenvalue weighted by Gasteiger charge is 2.35. The molecule has 1 aliphatic heterocycles. The summed E-state index contributed by atoms with van der Waals surface area (Å²) >= 11 is 0. The summed E-state index contributed by atoms with van der Waals surface area (Å²) < 4.78 is 55.6. The lowest BCUT2D eigenvalue weighted by atomic mass is 9.97. The van der Waals surface area contributed by atoms with Crippen molar-refractivity contribution in [2.45, 2.75) is 43.3 Å². The van der Waals surface area contributed by atoms with Crippen LogP contribution in [0.5, 0.6) is 0 Å². The van der Waals surface area contributed by atoms with Crippen LogP contribution < -0.4 is 4.72 Å². The van der Waals surface area contributed by atoms with Gasteiger partial charge in [0.25, 0.3) is 0 Å². The molecule has 11 heteroatoms. The van der Waals surface area contributed by atoms with Crippen molar-refractivity contribution in [1.82, 2.24) is 19.2 Å². The number of nitrogens with one attached hydrogen (secondary N) is 1. The van der Waals surface area contributed by atoms with Crippen LogP contribution in [0.1, 0.15) is 43.3 Å². The van der Waals surface area contributed by atoms with E-state index in [4.69, 9.17) is 4.52 Å². The molecule has 1 aromatic heterocycles. The Labute approximate surface area is 141 Å². The standard InChI is InChI=1S/C13H22N4O5S2/c1-23(18,19)17-8-5-10(6-9-17)13-15-12(22-16-13)4-7-14-24(20,21)11-2-3-11/h10-11,14H,2-9H2,1H3. The molecule has 1 aliphatic carbocycles. The molecular formula is C13H22N4O5S2. The van der Waals surface area contributed by atoms with Crippen molar-refractivity contribution >= 4 is 20.0 Å². The first kappa shape index (κ1) is 17.8. The van der Waals surface area contributed by atoms with Crippen molar-refractivity contribution in [3.8, 4) is 0 Å². The summed E-state index contributed by atoms with van der Waals surface area (Å²) in [4.78, 5) is 4.32. The fourth-order valence-corrected chi connectivity index (χ4v) is 5.03. The van der Waals surface area contributed by atoms with Gasteiger partial charge in [-0.1, -0.05) is 5.16 Å². The zero-order chi connectivity index (χ0) is 17.4. The molecule has 1 N–H and O–H groups in total. The molecule has 136 valence electrons. The average molecular weight is 378 g/mol. The topological polar surface area (TPSA) is 122 Å². The average Bonchev–Trinajstić information content (AvgIpc) is 3.28. The molecular weight excluding hydrogens is 356 g/mol. The third-order valence-electron chi connectivity index (χ3n) is 4.38. The largest absolute Gasteiger partial charge is 0.339 e. The zero-order valence-corrected chi connectivity index (χ0v) is 15.1. The van der Waals surface area contributed by atoms with Gasteiger partial charge in [0.05, 0.1) is 11.5 Å². The molecule has 0 unspecified atom stereocenters. The number of hydrogen-bond donors (Lipinski definition) is 1. The van der Waals surface area contributed by atoms with E-state index in [0.717, 1.165) is 12.8 Å². The lowest BCUT2D eigenvalue weighted by molar-refractivity contribution is 0.306. The summed E-state index contributed by atoms with van der Waals surface area (Å²) in [6.45, 7) is 1.15. The monoisotopic (exact) mass is 378 g/mol. The van der Waals surface area contributed by atoms with Crippen LogP contribution in [0.3, 0.4) is 0 Å². The fourth-order valence-electron chi connectivity index (χ4n) is 2.78. The fraction of sp³-hybridized carbons (Fsp3) is 0.846. The predicted molar refractivity (Wildman–Crippen MR) is 86.3 cm³/mol. The number of rotatable bonds is 7. The smallest absolute Gasteiger partial charge is 0.227 e. The van der Waals surface area contributed by atoms with E-state index in [1.165, 1.54) is 10.6 Å². The molecule has 2 fully saturated rings. The lowest BCUT2D eigenvalue weighted by Gasteiger charge is -2.28. The summed E-state index contributed by atoms with van der Waals surface area (Å²) in [6.07, 6.45) is 4.32. The maximum Gasteiger partial charge on any atom is 0.227 e. The first-order valence-electron chi connectivity index (χ1n) is 8.02. The van der Waals surface area contributed by atoms with Gasteiger partial charge in [0.1, 0.15) is 0 Å². The molecule has 1 saturated heterocycles. The van der Waals surface area contributed by atoms with Gasteiger partial charge in [-0.2, -0.15) is 4.98 Å². The quantitative estimate of drug-likeness (QED) is 0.699. The molecule has 0 atom stereocenters. The molecule has 2 aliphatic rings. The Bertz CT molecular complexity index is 777. The Hall–Kier alpha value is -1.04. The van der Waals surface area contributed by atoms with Gasteiger partial charge in [0.2, 0.25) is 25.9 Å². The van der Waals surface area contributed by atoms with E-state index < -0.39 is 20.0 Å². The minimum Gasteiger partial charge on any atom is -0.339 e. The van der Waals surface area contributed by atoms with E-state index in [9.17, 15) is 16.8 Å². The SMILES string of the molecule is CS(=O)(=O)N1CCC(c2noc(CCNS(=O)(=O)C3CC3)n2)CC1. The molecule has 1 aromatic rings. The summed E-state index contributed by atoms with van der Waals surface area (Å²) in [5.74, 6) is 1.04. The molecule has 2 heterocycles. The Morgan fingerprint density at radius 3 is 2.42 bits per heavy atom. The molecule has 1 saturated carbocycles. The summed E-state index contributed by atoms with van der Waals surface area (Å²) in [6, 6.07) is 0. The van der Waals surface area contributed by atoms with Crippen molar-refractivity contribution in [3.05, 3.63) is 11.7 Å². The minimum atomic E-state index is -3.19. The third-order valence-corrected chi connectivity index (χ3v) is 7.64. The molecule has 9 nitrogen and oxygen atoms in total. The van der Waals surface area contributed by atoms with Gasteiger partial charge in [-0.3, -0.25) is 0 Å². The van der Waals surface area contributed by atoms with Crippen LogP contribution in [0.15, 0.2) is 4.52 Å². The minimum absolute atomic E-state index is 0.0728. The van der Waals surface area contributed by atoms with E-state index >= 15 is 0 Å². The second kappa shape index (κ2) is 6.70. The Balaban J connectivity index is 1.49. The van der Waals surface area contributed by atoms with Gasteiger partial charge in [-0.25, -0.2) is 25.9 Å². The van der Waals surface area contributed by atoms with Gasteiger partial charge in [0, 0.05) is 32.0 Å². The lowest BCUT2D eigenvalue weighted by Crippen LogP contribution is -2.37. The Morgan fingerprint density at radius 1 is 1.17 bits per heavy atom. The zero-order valence-electron chi connectivity index (χ0n) is 13.5. The maximum absolute atomic E-state index is 11.7. The highest BCUT2D eigenvalue weighted by atomic mass is 32.2. The van der Waals surface area contributed by atoms with E-state index in [2.05, 4.69) is 14.9 Å². The number of aromatic nitrogens is 2. The Kier molecular flexibility index (Phi) is 4.96. The summed E-state index contributed by atoms with van der Waals surface area (Å²) in [7, 11) is -6.34. The number of nitrogens with zero attached hydrogens (tertiary/aromatic N) is 3. The van der Waals surface area contributed by atoms with Crippen LogP contribution in [0.25, 0.3) is 0 Å². The highest BCUT2D eigenvalue weighted by Crippen LogP contribution is 2.28. The van der Waals surface area contributed by atoms with Gasteiger partial charge in [0.15, 0.2) is 5.82 Å². The van der Waals surface area contributed by atoms with Crippen molar-refractivity contribution in [2.24, 2.45) is 0 Å². The molecule has 0 radical (unpaired) electrons.